The molecule has 7 nitrogen and oxygen atoms in total. The number of carbonyl (C=O) groups is 1. The molecule has 1 aromatic heterocycles. The number of rotatable bonds is 5. The molecule has 0 aliphatic heterocycles. The van der Waals surface area contributed by atoms with E-state index in [2.05, 4.69) is 5.32 Å². The molecular formula is C15H11N3O4. The summed E-state index contributed by atoms with van der Waals surface area (Å²) in [4.78, 5) is 22.1. The zero-order valence-corrected chi connectivity index (χ0v) is 11.4. The van der Waals surface area contributed by atoms with E-state index in [0.717, 1.165) is 0 Å². The molecule has 22 heavy (non-hydrogen) atoms. The molecule has 0 saturated carbocycles. The second kappa shape index (κ2) is 6.85. The van der Waals surface area contributed by atoms with Crippen molar-refractivity contribution in [2.45, 2.75) is 6.54 Å². The maximum absolute atomic E-state index is 11.9. The van der Waals surface area contributed by atoms with Crippen molar-refractivity contribution >= 4 is 17.7 Å². The van der Waals surface area contributed by atoms with Crippen molar-refractivity contribution in [3.8, 4) is 6.07 Å². The minimum Gasteiger partial charge on any atom is -0.467 e. The molecule has 0 saturated heterocycles. The van der Waals surface area contributed by atoms with E-state index in [-0.39, 0.29) is 17.8 Å². The molecule has 0 fully saturated rings. The third-order valence-electron chi connectivity index (χ3n) is 2.76. The van der Waals surface area contributed by atoms with Gasteiger partial charge in [0.25, 0.3) is 11.6 Å². The smallest absolute Gasteiger partial charge is 0.270 e. The quantitative estimate of drug-likeness (QED) is 0.394. The molecule has 1 amide bonds. The van der Waals surface area contributed by atoms with Crippen LogP contribution in [0.25, 0.3) is 6.08 Å². The van der Waals surface area contributed by atoms with E-state index in [1.54, 1.807) is 24.3 Å². The Kier molecular flexibility index (Phi) is 4.67. The highest BCUT2D eigenvalue weighted by Gasteiger charge is 2.11. The summed E-state index contributed by atoms with van der Waals surface area (Å²) in [5.41, 5.74) is 0.146. The molecule has 0 radical (unpaired) electrons. The van der Waals surface area contributed by atoms with Gasteiger partial charge in [0.05, 0.1) is 17.7 Å². The third kappa shape index (κ3) is 3.80. The van der Waals surface area contributed by atoms with Gasteiger partial charge in [-0.05, 0) is 23.8 Å². The molecule has 1 heterocycles. The van der Waals surface area contributed by atoms with E-state index in [1.807, 2.05) is 0 Å². The van der Waals surface area contributed by atoms with E-state index in [4.69, 9.17) is 9.68 Å². The molecule has 0 unspecified atom stereocenters. The Balaban J connectivity index is 2.13. The van der Waals surface area contributed by atoms with Crippen molar-refractivity contribution in [1.82, 2.24) is 5.32 Å². The molecule has 1 N–H and O–H groups in total. The number of nitriles is 1. The van der Waals surface area contributed by atoms with Crippen molar-refractivity contribution in [2.75, 3.05) is 0 Å². The van der Waals surface area contributed by atoms with Crippen LogP contribution < -0.4 is 5.32 Å². The number of nitro benzene ring substituents is 1. The maximum Gasteiger partial charge on any atom is 0.270 e. The summed E-state index contributed by atoms with van der Waals surface area (Å²) >= 11 is 0. The van der Waals surface area contributed by atoms with Crippen molar-refractivity contribution < 1.29 is 14.1 Å². The Morgan fingerprint density at radius 1 is 1.41 bits per heavy atom. The van der Waals surface area contributed by atoms with Crippen LogP contribution in [-0.4, -0.2) is 10.8 Å². The van der Waals surface area contributed by atoms with Crippen LogP contribution >= 0.6 is 0 Å². The number of furan rings is 1. The fraction of sp³-hybridized carbons (Fsp3) is 0.0667. The second-order valence-electron chi connectivity index (χ2n) is 4.28. The Labute approximate surface area is 125 Å². The molecule has 0 bridgehead atoms. The highest BCUT2D eigenvalue weighted by atomic mass is 16.6. The lowest BCUT2D eigenvalue weighted by molar-refractivity contribution is -0.384. The van der Waals surface area contributed by atoms with Gasteiger partial charge in [0.15, 0.2) is 0 Å². The van der Waals surface area contributed by atoms with E-state index >= 15 is 0 Å². The Morgan fingerprint density at radius 3 is 2.86 bits per heavy atom. The van der Waals surface area contributed by atoms with Gasteiger partial charge in [-0.2, -0.15) is 5.26 Å². The number of amides is 1. The van der Waals surface area contributed by atoms with Crippen molar-refractivity contribution in [1.29, 1.82) is 5.26 Å². The Morgan fingerprint density at radius 2 is 2.23 bits per heavy atom. The number of nitrogens with one attached hydrogen (secondary N) is 1. The normalized spacial score (nSPS) is 10.8. The molecule has 1 aromatic carbocycles. The lowest BCUT2D eigenvalue weighted by Crippen LogP contribution is -2.23. The number of nitrogens with zero attached hydrogens (tertiary/aromatic N) is 2. The third-order valence-corrected chi connectivity index (χ3v) is 2.76. The summed E-state index contributed by atoms with van der Waals surface area (Å²) in [6, 6.07) is 10.8. The fourth-order valence-corrected chi connectivity index (χ4v) is 1.72. The van der Waals surface area contributed by atoms with E-state index < -0.39 is 10.8 Å². The standard InChI is InChI=1S/C15H11N3O4/c16-9-12(15(19)17-10-14-5-2-6-22-14)7-11-3-1-4-13(8-11)18(20)21/h1-8H,10H2,(H,17,19). The summed E-state index contributed by atoms with van der Waals surface area (Å²) in [6.45, 7) is 0.153. The van der Waals surface area contributed by atoms with Crippen LogP contribution in [0.1, 0.15) is 11.3 Å². The Hall–Kier alpha value is -3.40. The average molecular weight is 297 g/mol. The Bertz CT molecular complexity index is 757. The van der Waals surface area contributed by atoms with E-state index in [0.29, 0.717) is 11.3 Å². The van der Waals surface area contributed by atoms with E-state index in [1.165, 1.54) is 30.5 Å². The highest BCUT2D eigenvalue weighted by molar-refractivity contribution is 6.01. The average Bonchev–Trinajstić information content (AvgIpc) is 3.04. The second-order valence-corrected chi connectivity index (χ2v) is 4.28. The van der Waals surface area contributed by atoms with Gasteiger partial charge in [0.2, 0.25) is 0 Å². The maximum atomic E-state index is 11.9. The minimum absolute atomic E-state index is 0.109. The summed E-state index contributed by atoms with van der Waals surface area (Å²) in [6.07, 6.45) is 2.77. The first kappa shape index (κ1) is 15.0. The van der Waals surface area contributed by atoms with Gasteiger partial charge in [0.1, 0.15) is 17.4 Å². The summed E-state index contributed by atoms with van der Waals surface area (Å²) in [5.74, 6) is -0.0219. The largest absolute Gasteiger partial charge is 0.467 e. The number of benzene rings is 1. The SMILES string of the molecule is N#CC(=Cc1cccc([N+](=O)[O-])c1)C(=O)NCc1ccco1. The number of carbonyl (C=O) groups excluding carboxylic acids is 1. The highest BCUT2D eigenvalue weighted by Crippen LogP contribution is 2.15. The van der Waals surface area contributed by atoms with Gasteiger partial charge in [-0.3, -0.25) is 14.9 Å². The summed E-state index contributed by atoms with van der Waals surface area (Å²) < 4.78 is 5.07. The lowest BCUT2D eigenvalue weighted by atomic mass is 10.1. The van der Waals surface area contributed by atoms with Crippen molar-refractivity contribution in [3.05, 3.63) is 69.7 Å². The van der Waals surface area contributed by atoms with Crippen molar-refractivity contribution in [2.24, 2.45) is 0 Å². The first-order chi connectivity index (χ1) is 10.6. The van der Waals surface area contributed by atoms with Crippen LogP contribution in [0.4, 0.5) is 5.69 Å². The molecule has 0 aliphatic rings. The number of non-ortho nitro benzene ring substituents is 1. The van der Waals surface area contributed by atoms with Gasteiger partial charge in [-0.15, -0.1) is 0 Å². The monoisotopic (exact) mass is 297 g/mol. The molecule has 2 aromatic rings. The van der Waals surface area contributed by atoms with Crippen LogP contribution in [0, 0.1) is 21.4 Å². The zero-order chi connectivity index (χ0) is 15.9. The molecule has 0 atom stereocenters. The molecular weight excluding hydrogens is 286 g/mol. The van der Waals surface area contributed by atoms with Gasteiger partial charge >= 0.3 is 0 Å². The number of nitro groups is 1. The van der Waals surface area contributed by atoms with Gasteiger partial charge in [-0.1, -0.05) is 12.1 Å². The first-order valence-corrected chi connectivity index (χ1v) is 6.27. The molecule has 110 valence electrons. The van der Waals surface area contributed by atoms with Crippen molar-refractivity contribution in [3.63, 3.8) is 0 Å². The predicted octanol–water partition coefficient (Wildman–Crippen LogP) is 2.41. The lowest BCUT2D eigenvalue weighted by Gasteiger charge is -2.02. The zero-order valence-electron chi connectivity index (χ0n) is 11.4. The van der Waals surface area contributed by atoms with Crippen LogP contribution in [-0.2, 0) is 11.3 Å². The van der Waals surface area contributed by atoms with Crippen LogP contribution in [0.5, 0.6) is 0 Å². The summed E-state index contributed by atoms with van der Waals surface area (Å²) in [5, 5.41) is 22.3. The molecule has 0 aliphatic carbocycles. The topological polar surface area (TPSA) is 109 Å². The van der Waals surface area contributed by atoms with Gasteiger partial charge in [-0.25, -0.2) is 0 Å². The first-order valence-electron chi connectivity index (χ1n) is 6.27. The predicted molar refractivity (Wildman–Crippen MR) is 77.2 cm³/mol. The summed E-state index contributed by atoms with van der Waals surface area (Å²) in [7, 11) is 0. The number of hydrogen-bond acceptors (Lipinski definition) is 5. The minimum atomic E-state index is -0.578. The molecule has 2 rings (SSSR count). The van der Waals surface area contributed by atoms with Crippen LogP contribution in [0.3, 0.4) is 0 Å². The van der Waals surface area contributed by atoms with Gasteiger partial charge in [0, 0.05) is 12.1 Å². The van der Waals surface area contributed by atoms with Crippen LogP contribution in [0.2, 0.25) is 0 Å². The fourth-order valence-electron chi connectivity index (χ4n) is 1.72. The molecule has 7 heteroatoms. The number of hydrogen-bond donors (Lipinski definition) is 1. The van der Waals surface area contributed by atoms with Gasteiger partial charge < -0.3 is 9.73 Å². The molecule has 0 spiro atoms. The van der Waals surface area contributed by atoms with Crippen LogP contribution in [0.15, 0.2) is 52.7 Å². The van der Waals surface area contributed by atoms with E-state index in [9.17, 15) is 14.9 Å².